The molecule has 0 aliphatic heterocycles. The molecule has 0 saturated heterocycles. The summed E-state index contributed by atoms with van der Waals surface area (Å²) in [6, 6.07) is 1.73. The van der Waals surface area contributed by atoms with Crippen LogP contribution in [0.3, 0.4) is 0 Å². The molecule has 0 spiro atoms. The molecule has 2 heterocycles. The molecule has 110 valence electrons. The van der Waals surface area contributed by atoms with E-state index in [9.17, 15) is 0 Å². The van der Waals surface area contributed by atoms with Crippen LogP contribution in [0.25, 0.3) is 5.65 Å². The molecule has 6 nitrogen and oxygen atoms in total. The Balaban J connectivity index is 2.31. The van der Waals surface area contributed by atoms with E-state index in [2.05, 4.69) is 10.1 Å². The zero-order valence-corrected chi connectivity index (χ0v) is 13.7. The number of hydrogen-bond donors (Lipinski definition) is 0. The fourth-order valence-electron chi connectivity index (χ4n) is 1.64. The van der Waals surface area contributed by atoms with Crippen molar-refractivity contribution in [2.75, 3.05) is 13.2 Å². The van der Waals surface area contributed by atoms with E-state index in [1.165, 1.54) is 0 Å². The van der Waals surface area contributed by atoms with Crippen molar-refractivity contribution < 1.29 is 13.6 Å². The maximum atomic E-state index is 5.66. The first-order chi connectivity index (χ1) is 9.47. The minimum atomic E-state index is -2.79. The van der Waals surface area contributed by atoms with Crippen molar-refractivity contribution in [3.05, 3.63) is 23.5 Å². The van der Waals surface area contributed by atoms with Gasteiger partial charge in [0.25, 0.3) is 0 Å². The Labute approximate surface area is 123 Å². The van der Waals surface area contributed by atoms with E-state index < -0.39 is 6.72 Å². The highest BCUT2D eigenvalue weighted by Gasteiger charge is 2.23. The Morgan fingerprint density at radius 2 is 1.90 bits per heavy atom. The van der Waals surface area contributed by atoms with Gasteiger partial charge in [0.05, 0.1) is 13.2 Å². The first-order valence-electron chi connectivity index (χ1n) is 6.39. The van der Waals surface area contributed by atoms with Crippen LogP contribution in [0, 0.1) is 13.8 Å². The van der Waals surface area contributed by atoms with Gasteiger partial charge in [-0.15, -0.1) is 5.10 Å². The molecule has 2 aromatic heterocycles. The van der Waals surface area contributed by atoms with Gasteiger partial charge >= 0.3 is 6.72 Å². The molecule has 0 fully saturated rings. The standard InChI is InChI=1S/C12H18N3O3PS/c1-5-16-19(20,17-6-2)18-12-7-11-13-10(4)9(3)8-15(11)14-12/h7-8H,5-6H2,1-4H3. The van der Waals surface area contributed by atoms with E-state index in [4.69, 9.17) is 25.4 Å². The third kappa shape index (κ3) is 3.35. The zero-order chi connectivity index (χ0) is 14.8. The van der Waals surface area contributed by atoms with Crippen molar-refractivity contribution in [1.82, 2.24) is 14.6 Å². The van der Waals surface area contributed by atoms with Gasteiger partial charge in [0.2, 0.25) is 5.88 Å². The second-order valence-electron chi connectivity index (χ2n) is 4.17. The molecule has 0 N–H and O–H groups in total. The Morgan fingerprint density at radius 3 is 2.50 bits per heavy atom. The summed E-state index contributed by atoms with van der Waals surface area (Å²) in [5, 5.41) is 4.30. The van der Waals surface area contributed by atoms with Crippen molar-refractivity contribution in [1.29, 1.82) is 0 Å². The Bertz CT molecular complexity index is 610. The van der Waals surface area contributed by atoms with Crippen molar-refractivity contribution in [3.8, 4) is 5.88 Å². The lowest BCUT2D eigenvalue weighted by molar-refractivity contribution is 0.216. The first kappa shape index (κ1) is 15.4. The number of aromatic nitrogens is 3. The summed E-state index contributed by atoms with van der Waals surface area (Å²) in [5.41, 5.74) is 2.72. The number of fused-ring (bicyclic) bond motifs is 1. The van der Waals surface area contributed by atoms with E-state index in [0.29, 0.717) is 24.7 Å². The molecule has 0 saturated carbocycles. The maximum Gasteiger partial charge on any atom is 0.381 e. The minimum Gasteiger partial charge on any atom is -0.404 e. The van der Waals surface area contributed by atoms with Gasteiger partial charge in [-0.05, 0) is 33.3 Å². The molecule has 0 aliphatic rings. The minimum absolute atomic E-state index is 0.368. The van der Waals surface area contributed by atoms with Crippen molar-refractivity contribution in [2.24, 2.45) is 0 Å². The lowest BCUT2D eigenvalue weighted by atomic mass is 10.3. The monoisotopic (exact) mass is 315 g/mol. The Hall–Kier alpha value is -1.01. The van der Waals surface area contributed by atoms with Gasteiger partial charge in [0.15, 0.2) is 5.65 Å². The van der Waals surface area contributed by atoms with Crippen LogP contribution in [0.15, 0.2) is 12.3 Å². The average molecular weight is 315 g/mol. The number of hydrogen-bond acceptors (Lipinski definition) is 6. The normalized spacial score (nSPS) is 12.0. The first-order valence-corrected chi connectivity index (χ1v) is 8.95. The van der Waals surface area contributed by atoms with Gasteiger partial charge < -0.3 is 4.52 Å². The Morgan fingerprint density at radius 1 is 1.25 bits per heavy atom. The van der Waals surface area contributed by atoms with Crippen LogP contribution in [-0.4, -0.2) is 27.8 Å². The molecule has 0 aromatic carbocycles. The molecular weight excluding hydrogens is 297 g/mol. The van der Waals surface area contributed by atoms with Crippen LogP contribution >= 0.6 is 6.72 Å². The molecule has 0 aliphatic carbocycles. The summed E-state index contributed by atoms with van der Waals surface area (Å²) >= 11 is 5.31. The topological polar surface area (TPSA) is 57.9 Å². The third-order valence-corrected chi connectivity index (χ3v) is 5.06. The lowest BCUT2D eigenvalue weighted by Crippen LogP contribution is -2.02. The van der Waals surface area contributed by atoms with Gasteiger partial charge in [0.1, 0.15) is 0 Å². The van der Waals surface area contributed by atoms with Crippen LogP contribution in [-0.2, 0) is 20.9 Å². The van der Waals surface area contributed by atoms with E-state index in [1.807, 2.05) is 33.9 Å². The van der Waals surface area contributed by atoms with Crippen molar-refractivity contribution in [3.63, 3.8) is 0 Å². The molecule has 8 heteroatoms. The highest BCUT2D eigenvalue weighted by Crippen LogP contribution is 2.49. The molecule has 0 radical (unpaired) electrons. The number of rotatable bonds is 6. The van der Waals surface area contributed by atoms with Crippen LogP contribution in [0.2, 0.25) is 0 Å². The molecule has 0 bridgehead atoms. The lowest BCUT2D eigenvalue weighted by Gasteiger charge is -2.19. The van der Waals surface area contributed by atoms with Crippen molar-refractivity contribution >= 4 is 24.2 Å². The molecule has 0 amide bonds. The van der Waals surface area contributed by atoms with E-state index in [0.717, 1.165) is 11.3 Å². The predicted molar refractivity (Wildman–Crippen MR) is 80.6 cm³/mol. The summed E-state index contributed by atoms with van der Waals surface area (Å²) < 4.78 is 18.2. The second kappa shape index (κ2) is 6.18. The van der Waals surface area contributed by atoms with Crippen LogP contribution in [0.5, 0.6) is 5.88 Å². The highest BCUT2D eigenvalue weighted by atomic mass is 32.5. The third-order valence-electron chi connectivity index (χ3n) is 2.64. The van der Waals surface area contributed by atoms with Gasteiger partial charge in [0, 0.05) is 29.8 Å². The van der Waals surface area contributed by atoms with E-state index >= 15 is 0 Å². The van der Waals surface area contributed by atoms with Crippen LogP contribution in [0.4, 0.5) is 0 Å². The zero-order valence-electron chi connectivity index (χ0n) is 12.0. The SMILES string of the molecule is CCOP(=S)(OCC)Oc1cc2nc(C)c(C)cn2n1. The predicted octanol–water partition coefficient (Wildman–Crippen LogP) is 3.02. The quantitative estimate of drug-likeness (QED) is 0.764. The highest BCUT2D eigenvalue weighted by molar-refractivity contribution is 8.07. The summed E-state index contributed by atoms with van der Waals surface area (Å²) in [5.74, 6) is 0.368. The molecule has 0 unspecified atom stereocenters. The molecule has 20 heavy (non-hydrogen) atoms. The fraction of sp³-hybridized carbons (Fsp3) is 0.500. The van der Waals surface area contributed by atoms with E-state index in [-0.39, 0.29) is 0 Å². The number of nitrogens with zero attached hydrogens (tertiary/aromatic N) is 3. The largest absolute Gasteiger partial charge is 0.404 e. The summed E-state index contributed by atoms with van der Waals surface area (Å²) in [7, 11) is 0. The fourth-order valence-corrected chi connectivity index (χ4v) is 3.64. The molecular formula is C12H18N3O3PS. The summed E-state index contributed by atoms with van der Waals surface area (Å²) in [4.78, 5) is 4.43. The van der Waals surface area contributed by atoms with Crippen molar-refractivity contribution in [2.45, 2.75) is 27.7 Å². The van der Waals surface area contributed by atoms with Gasteiger partial charge in [-0.2, -0.15) is 0 Å². The Kier molecular flexibility index (Phi) is 4.75. The molecule has 0 atom stereocenters. The van der Waals surface area contributed by atoms with Gasteiger partial charge in [-0.1, -0.05) is 0 Å². The van der Waals surface area contributed by atoms with Gasteiger partial charge in [-0.3, -0.25) is 9.05 Å². The average Bonchev–Trinajstić information content (AvgIpc) is 2.71. The molecule has 2 aromatic rings. The van der Waals surface area contributed by atoms with Crippen LogP contribution in [0.1, 0.15) is 25.1 Å². The second-order valence-corrected chi connectivity index (χ2v) is 7.10. The van der Waals surface area contributed by atoms with E-state index in [1.54, 1.807) is 10.6 Å². The van der Waals surface area contributed by atoms with Gasteiger partial charge in [-0.25, -0.2) is 9.50 Å². The summed E-state index contributed by atoms with van der Waals surface area (Å²) in [6.45, 7) is 5.70. The number of aryl methyl sites for hydroxylation is 2. The smallest absolute Gasteiger partial charge is 0.381 e. The van der Waals surface area contributed by atoms with Crippen LogP contribution < -0.4 is 4.52 Å². The maximum absolute atomic E-state index is 5.66. The molecule has 2 rings (SSSR count). The summed E-state index contributed by atoms with van der Waals surface area (Å²) in [6.07, 6.45) is 1.90.